The van der Waals surface area contributed by atoms with Crippen molar-refractivity contribution in [3.05, 3.63) is 65.8 Å². The summed E-state index contributed by atoms with van der Waals surface area (Å²) < 4.78 is 32.7. The van der Waals surface area contributed by atoms with Gasteiger partial charge in [0.25, 0.3) is 10.0 Å². The molecule has 0 unspecified atom stereocenters. The molecule has 0 bridgehead atoms. The molecule has 4 aromatic rings. The molecular formula is C20H15N3O3S. The molecule has 0 radical (unpaired) electrons. The van der Waals surface area contributed by atoms with Crippen LogP contribution < -0.4 is 0 Å². The molecule has 0 fully saturated rings. The predicted molar refractivity (Wildman–Crippen MR) is 102 cm³/mol. The van der Waals surface area contributed by atoms with Crippen LogP contribution in [0.3, 0.4) is 0 Å². The third kappa shape index (κ3) is 2.62. The van der Waals surface area contributed by atoms with Crippen LogP contribution in [-0.2, 0) is 10.0 Å². The minimum Gasteiger partial charge on any atom is -0.361 e. The molecule has 0 saturated heterocycles. The van der Waals surface area contributed by atoms with Crippen molar-refractivity contribution in [1.82, 2.24) is 14.1 Å². The first-order valence-electron chi connectivity index (χ1n) is 8.15. The maximum absolute atomic E-state index is 13.1. The molecule has 0 aliphatic rings. The van der Waals surface area contributed by atoms with Crippen molar-refractivity contribution in [2.75, 3.05) is 0 Å². The molecule has 0 N–H and O–H groups in total. The van der Waals surface area contributed by atoms with Gasteiger partial charge in [0.2, 0.25) is 0 Å². The number of rotatable bonds is 3. The largest absolute Gasteiger partial charge is 0.361 e. The third-order valence-corrected chi connectivity index (χ3v) is 6.07. The lowest BCUT2D eigenvalue weighted by Gasteiger charge is -2.08. The van der Waals surface area contributed by atoms with Gasteiger partial charge in [-0.15, -0.1) is 6.42 Å². The molecule has 0 aliphatic heterocycles. The Bertz CT molecular complexity index is 1290. The van der Waals surface area contributed by atoms with Crippen molar-refractivity contribution in [3.8, 4) is 23.5 Å². The Morgan fingerprint density at radius 3 is 2.56 bits per heavy atom. The van der Waals surface area contributed by atoms with Crippen LogP contribution >= 0.6 is 0 Å². The van der Waals surface area contributed by atoms with Crippen molar-refractivity contribution in [3.63, 3.8) is 0 Å². The second-order valence-corrected chi connectivity index (χ2v) is 7.91. The Morgan fingerprint density at radius 1 is 1.19 bits per heavy atom. The van der Waals surface area contributed by atoms with Crippen LogP contribution in [0.5, 0.6) is 0 Å². The smallest absolute Gasteiger partial charge is 0.268 e. The minimum absolute atomic E-state index is 0.174. The van der Waals surface area contributed by atoms with Gasteiger partial charge in [-0.2, -0.15) is 0 Å². The fourth-order valence-electron chi connectivity index (χ4n) is 3.12. The maximum atomic E-state index is 13.1. The van der Waals surface area contributed by atoms with E-state index in [1.54, 1.807) is 49.5 Å². The molecule has 6 nitrogen and oxygen atoms in total. The molecule has 1 aromatic carbocycles. The van der Waals surface area contributed by atoms with Crippen LogP contribution in [0.4, 0.5) is 0 Å². The highest BCUT2D eigenvalue weighted by Gasteiger charge is 2.22. The SMILES string of the molecule is C#Cc1cn(S(=O)(=O)c2ccccc2)c2cc(-c3c(C)noc3C)cnc12. The van der Waals surface area contributed by atoms with E-state index >= 15 is 0 Å². The molecule has 27 heavy (non-hydrogen) atoms. The highest BCUT2D eigenvalue weighted by Crippen LogP contribution is 2.31. The Morgan fingerprint density at radius 2 is 1.93 bits per heavy atom. The van der Waals surface area contributed by atoms with Gasteiger partial charge in [0.05, 0.1) is 21.7 Å². The fourth-order valence-corrected chi connectivity index (χ4v) is 4.49. The summed E-state index contributed by atoms with van der Waals surface area (Å²) in [6.07, 6.45) is 8.64. The molecule has 0 atom stereocenters. The predicted octanol–water partition coefficient (Wildman–Crippen LogP) is 3.53. The lowest BCUT2D eigenvalue weighted by molar-refractivity contribution is 0.393. The molecule has 3 aromatic heterocycles. The monoisotopic (exact) mass is 377 g/mol. The highest BCUT2D eigenvalue weighted by molar-refractivity contribution is 7.90. The normalized spacial score (nSPS) is 11.6. The van der Waals surface area contributed by atoms with Crippen LogP contribution in [0.2, 0.25) is 0 Å². The summed E-state index contributed by atoms with van der Waals surface area (Å²) in [6.45, 7) is 3.62. The molecule has 4 rings (SSSR count). The van der Waals surface area contributed by atoms with Crippen LogP contribution in [0, 0.1) is 26.2 Å². The van der Waals surface area contributed by atoms with Gasteiger partial charge in [-0.1, -0.05) is 29.3 Å². The van der Waals surface area contributed by atoms with E-state index in [4.69, 9.17) is 10.9 Å². The van der Waals surface area contributed by atoms with Crippen molar-refractivity contribution in [2.24, 2.45) is 0 Å². The van der Waals surface area contributed by atoms with Crippen LogP contribution in [-0.4, -0.2) is 22.5 Å². The molecule has 7 heteroatoms. The van der Waals surface area contributed by atoms with E-state index in [9.17, 15) is 8.42 Å². The van der Waals surface area contributed by atoms with E-state index < -0.39 is 10.0 Å². The topological polar surface area (TPSA) is 78.0 Å². The zero-order valence-electron chi connectivity index (χ0n) is 14.7. The average molecular weight is 377 g/mol. The van der Waals surface area contributed by atoms with Gasteiger partial charge in [0.1, 0.15) is 11.3 Å². The lowest BCUT2D eigenvalue weighted by atomic mass is 10.1. The van der Waals surface area contributed by atoms with Crippen molar-refractivity contribution < 1.29 is 12.9 Å². The summed E-state index contributed by atoms with van der Waals surface area (Å²) in [6, 6.07) is 9.94. The number of benzene rings is 1. The summed E-state index contributed by atoms with van der Waals surface area (Å²) in [5.74, 6) is 3.15. The van der Waals surface area contributed by atoms with E-state index in [2.05, 4.69) is 16.1 Å². The molecule has 134 valence electrons. The van der Waals surface area contributed by atoms with Gasteiger partial charge in [0, 0.05) is 23.5 Å². The van der Waals surface area contributed by atoms with E-state index in [1.165, 1.54) is 10.2 Å². The number of nitrogens with zero attached hydrogens (tertiary/aromatic N) is 3. The molecule has 0 saturated carbocycles. The number of terminal acetylenes is 1. The average Bonchev–Trinajstić information content (AvgIpc) is 3.22. The maximum Gasteiger partial charge on any atom is 0.268 e. The van der Waals surface area contributed by atoms with Crippen molar-refractivity contribution in [2.45, 2.75) is 18.7 Å². The zero-order valence-corrected chi connectivity index (χ0v) is 15.5. The zero-order chi connectivity index (χ0) is 19.2. The molecule has 0 amide bonds. The van der Waals surface area contributed by atoms with Gasteiger partial charge >= 0.3 is 0 Å². The van der Waals surface area contributed by atoms with Crippen LogP contribution in [0.15, 0.2) is 58.2 Å². The summed E-state index contributed by atoms with van der Waals surface area (Å²) in [5.41, 5.74) is 3.47. The fraction of sp³-hybridized carbons (Fsp3) is 0.100. The number of aromatic nitrogens is 3. The van der Waals surface area contributed by atoms with E-state index in [0.717, 1.165) is 5.56 Å². The standard InChI is InChI=1S/C20H15N3O3S/c1-4-15-12-23(27(24,25)17-8-6-5-7-9-17)18-10-16(11-21-20(15)18)19-13(2)22-26-14(19)3/h1,5-12H,2-3H3. The van der Waals surface area contributed by atoms with Crippen LogP contribution in [0.1, 0.15) is 17.0 Å². The highest BCUT2D eigenvalue weighted by atomic mass is 32.2. The summed E-state index contributed by atoms with van der Waals surface area (Å²) in [7, 11) is -3.82. The van der Waals surface area contributed by atoms with E-state index in [-0.39, 0.29) is 4.90 Å². The Labute approximate surface area is 156 Å². The first-order chi connectivity index (χ1) is 12.9. The van der Waals surface area contributed by atoms with Gasteiger partial charge in [-0.05, 0) is 32.0 Å². The molecule has 0 spiro atoms. The Hall–Kier alpha value is -3.37. The van der Waals surface area contributed by atoms with Crippen molar-refractivity contribution >= 4 is 21.1 Å². The number of hydrogen-bond donors (Lipinski definition) is 0. The second-order valence-electron chi connectivity index (χ2n) is 6.09. The minimum atomic E-state index is -3.82. The summed E-state index contributed by atoms with van der Waals surface area (Å²) >= 11 is 0. The Balaban J connectivity index is 2.02. The van der Waals surface area contributed by atoms with Gasteiger partial charge in [0.15, 0.2) is 0 Å². The summed E-state index contributed by atoms with van der Waals surface area (Å²) in [4.78, 5) is 4.60. The first kappa shape index (κ1) is 17.1. The number of hydrogen-bond acceptors (Lipinski definition) is 5. The number of fused-ring (bicyclic) bond motifs is 1. The third-order valence-electron chi connectivity index (χ3n) is 4.38. The van der Waals surface area contributed by atoms with E-state index in [1.807, 2.05) is 6.92 Å². The Kier molecular flexibility index (Phi) is 3.86. The first-order valence-corrected chi connectivity index (χ1v) is 9.59. The van der Waals surface area contributed by atoms with Crippen LogP contribution in [0.25, 0.3) is 22.2 Å². The van der Waals surface area contributed by atoms with Gasteiger partial charge in [-0.3, -0.25) is 4.98 Å². The molecular weight excluding hydrogens is 362 g/mol. The van der Waals surface area contributed by atoms with Gasteiger partial charge in [-0.25, -0.2) is 12.4 Å². The second kappa shape index (κ2) is 6.11. The summed E-state index contributed by atoms with van der Waals surface area (Å²) in [5, 5.41) is 3.95. The quantitative estimate of drug-likeness (QED) is 0.511. The van der Waals surface area contributed by atoms with Gasteiger partial charge < -0.3 is 4.52 Å². The van der Waals surface area contributed by atoms with E-state index in [0.29, 0.717) is 33.6 Å². The lowest BCUT2D eigenvalue weighted by Crippen LogP contribution is -2.11. The number of aryl methyl sites for hydroxylation is 2. The van der Waals surface area contributed by atoms with Crippen molar-refractivity contribution in [1.29, 1.82) is 0 Å². The molecule has 3 heterocycles. The number of pyridine rings is 1. The molecule has 0 aliphatic carbocycles.